The van der Waals surface area contributed by atoms with E-state index in [-0.39, 0.29) is 22.7 Å². The third kappa shape index (κ3) is 4.56. The van der Waals surface area contributed by atoms with Crippen LogP contribution < -0.4 is 16.6 Å². The lowest BCUT2D eigenvalue weighted by molar-refractivity contribution is -0.113. The van der Waals surface area contributed by atoms with E-state index in [1.807, 2.05) is 52.8 Å². The number of carbonyl (C=O) groups excluding carboxylic acids is 1. The topological polar surface area (TPSA) is 98.9 Å². The first kappa shape index (κ1) is 22.7. The molecule has 0 atom stereocenters. The molecule has 9 heteroatoms. The van der Waals surface area contributed by atoms with Gasteiger partial charge < -0.3 is 5.32 Å². The third-order valence-corrected chi connectivity index (χ3v) is 5.92. The van der Waals surface area contributed by atoms with Crippen LogP contribution in [0.3, 0.4) is 0 Å². The molecule has 0 saturated carbocycles. The number of rotatable bonds is 4. The van der Waals surface area contributed by atoms with Gasteiger partial charge in [0.25, 0.3) is 5.56 Å². The van der Waals surface area contributed by atoms with Gasteiger partial charge in [-0.3, -0.25) is 18.7 Å². The van der Waals surface area contributed by atoms with Crippen molar-refractivity contribution in [3.8, 4) is 0 Å². The van der Waals surface area contributed by atoms with Crippen LogP contribution in [0.2, 0.25) is 0 Å². The molecule has 0 aliphatic carbocycles. The van der Waals surface area contributed by atoms with E-state index < -0.39 is 16.7 Å². The van der Waals surface area contributed by atoms with Crippen molar-refractivity contribution in [1.29, 1.82) is 0 Å². The SMILES string of the molecule is Cc1ccc(C)c(NC(=O)CSc2nc(C(C)(C)C)nc3c2c(=O)n(C)c(=O)n3C)c1. The molecule has 31 heavy (non-hydrogen) atoms. The van der Waals surface area contributed by atoms with Crippen LogP contribution in [0, 0.1) is 13.8 Å². The predicted molar refractivity (Wildman–Crippen MR) is 124 cm³/mol. The second-order valence-electron chi connectivity index (χ2n) is 8.66. The lowest BCUT2D eigenvalue weighted by Crippen LogP contribution is -2.38. The fourth-order valence-corrected chi connectivity index (χ4v) is 3.87. The maximum absolute atomic E-state index is 12.9. The van der Waals surface area contributed by atoms with Gasteiger partial charge in [0.2, 0.25) is 5.91 Å². The van der Waals surface area contributed by atoms with Gasteiger partial charge in [-0.05, 0) is 31.0 Å². The number of hydrogen-bond acceptors (Lipinski definition) is 6. The summed E-state index contributed by atoms with van der Waals surface area (Å²) in [5, 5.41) is 3.55. The molecular weight excluding hydrogens is 414 g/mol. The number of fused-ring (bicyclic) bond motifs is 1. The molecule has 0 spiro atoms. The third-order valence-electron chi connectivity index (χ3n) is 4.94. The molecule has 1 amide bonds. The van der Waals surface area contributed by atoms with E-state index in [1.165, 1.54) is 11.6 Å². The van der Waals surface area contributed by atoms with Crippen molar-refractivity contribution in [2.75, 3.05) is 11.1 Å². The average Bonchev–Trinajstić information content (AvgIpc) is 2.70. The molecule has 3 aromatic rings. The molecule has 3 rings (SSSR count). The Bertz CT molecular complexity index is 1300. The molecule has 0 unspecified atom stereocenters. The first-order chi connectivity index (χ1) is 14.4. The predicted octanol–water partition coefficient (Wildman–Crippen LogP) is 2.67. The normalized spacial score (nSPS) is 11.7. The lowest BCUT2D eigenvalue weighted by atomic mass is 9.96. The zero-order valence-electron chi connectivity index (χ0n) is 18.9. The molecule has 0 radical (unpaired) electrons. The highest BCUT2D eigenvalue weighted by atomic mass is 32.2. The summed E-state index contributed by atoms with van der Waals surface area (Å²) in [5.41, 5.74) is 1.71. The van der Waals surface area contributed by atoms with Crippen molar-refractivity contribution in [3.63, 3.8) is 0 Å². The Morgan fingerprint density at radius 2 is 1.77 bits per heavy atom. The van der Waals surface area contributed by atoms with Crippen molar-refractivity contribution in [1.82, 2.24) is 19.1 Å². The molecular formula is C22H27N5O3S. The van der Waals surface area contributed by atoms with Gasteiger partial charge in [0.05, 0.1) is 5.75 Å². The zero-order valence-corrected chi connectivity index (χ0v) is 19.7. The van der Waals surface area contributed by atoms with E-state index in [1.54, 1.807) is 7.05 Å². The summed E-state index contributed by atoms with van der Waals surface area (Å²) in [6, 6.07) is 5.86. The standard InChI is InChI=1S/C22H27N5O3S/c1-12-8-9-13(2)14(10-12)23-15(28)11-31-18-16-17(24-20(25-18)22(3,4)5)26(6)21(30)27(7)19(16)29/h8-10H,11H2,1-7H3,(H,23,28). The maximum atomic E-state index is 12.9. The summed E-state index contributed by atoms with van der Waals surface area (Å²) >= 11 is 1.16. The zero-order chi connectivity index (χ0) is 23.1. The minimum Gasteiger partial charge on any atom is -0.325 e. The van der Waals surface area contributed by atoms with Gasteiger partial charge in [-0.15, -0.1) is 0 Å². The molecule has 2 aromatic heterocycles. The molecule has 1 N–H and O–H groups in total. The van der Waals surface area contributed by atoms with Gasteiger partial charge >= 0.3 is 5.69 Å². The molecule has 164 valence electrons. The van der Waals surface area contributed by atoms with Gasteiger partial charge in [-0.25, -0.2) is 14.8 Å². The lowest BCUT2D eigenvalue weighted by Gasteiger charge is -2.19. The summed E-state index contributed by atoms with van der Waals surface area (Å²) in [6.07, 6.45) is 0. The van der Waals surface area contributed by atoms with Crippen molar-refractivity contribution >= 4 is 34.4 Å². The monoisotopic (exact) mass is 441 g/mol. The average molecular weight is 442 g/mol. The van der Waals surface area contributed by atoms with Crippen molar-refractivity contribution in [3.05, 3.63) is 56.0 Å². The first-order valence-electron chi connectivity index (χ1n) is 9.88. The summed E-state index contributed by atoms with van der Waals surface area (Å²) < 4.78 is 2.37. The molecule has 0 bridgehead atoms. The number of aromatic nitrogens is 4. The number of aryl methyl sites for hydroxylation is 3. The molecule has 0 aliphatic rings. The maximum Gasteiger partial charge on any atom is 0.332 e. The Balaban J connectivity index is 2.02. The first-order valence-corrected chi connectivity index (χ1v) is 10.9. The van der Waals surface area contributed by atoms with Gasteiger partial charge in [-0.1, -0.05) is 44.7 Å². The molecule has 0 fully saturated rings. The van der Waals surface area contributed by atoms with Gasteiger partial charge in [0.15, 0.2) is 5.65 Å². The van der Waals surface area contributed by atoms with Gasteiger partial charge in [0.1, 0.15) is 16.2 Å². The number of amides is 1. The van der Waals surface area contributed by atoms with E-state index in [0.717, 1.165) is 33.1 Å². The fraction of sp³-hybridized carbons (Fsp3) is 0.409. The van der Waals surface area contributed by atoms with Crippen LogP contribution in [0.4, 0.5) is 5.69 Å². The van der Waals surface area contributed by atoms with Crippen LogP contribution in [-0.2, 0) is 24.3 Å². The van der Waals surface area contributed by atoms with Gasteiger partial charge in [0, 0.05) is 25.2 Å². The highest BCUT2D eigenvalue weighted by Crippen LogP contribution is 2.27. The van der Waals surface area contributed by atoms with E-state index in [4.69, 9.17) is 0 Å². The van der Waals surface area contributed by atoms with Crippen molar-refractivity contribution in [2.24, 2.45) is 14.1 Å². The smallest absolute Gasteiger partial charge is 0.325 e. The number of benzene rings is 1. The Morgan fingerprint density at radius 1 is 1.10 bits per heavy atom. The number of nitrogens with zero attached hydrogens (tertiary/aromatic N) is 4. The molecule has 0 saturated heterocycles. The van der Waals surface area contributed by atoms with Crippen LogP contribution in [-0.4, -0.2) is 30.8 Å². The van der Waals surface area contributed by atoms with Crippen LogP contribution >= 0.6 is 11.8 Å². The number of carbonyl (C=O) groups is 1. The van der Waals surface area contributed by atoms with E-state index in [2.05, 4.69) is 15.3 Å². The van der Waals surface area contributed by atoms with Crippen LogP contribution in [0.25, 0.3) is 11.0 Å². The number of thioether (sulfide) groups is 1. The number of nitrogens with one attached hydrogen (secondary N) is 1. The second-order valence-corrected chi connectivity index (χ2v) is 9.63. The quantitative estimate of drug-likeness (QED) is 0.494. The molecule has 2 heterocycles. The van der Waals surface area contributed by atoms with Crippen molar-refractivity contribution < 1.29 is 4.79 Å². The molecule has 8 nitrogen and oxygen atoms in total. The molecule has 0 aliphatic heterocycles. The van der Waals surface area contributed by atoms with Crippen molar-refractivity contribution in [2.45, 2.75) is 45.1 Å². The Hall–Kier alpha value is -2.94. The summed E-state index contributed by atoms with van der Waals surface area (Å²) in [5.74, 6) is 0.361. The second kappa shape index (κ2) is 8.30. The van der Waals surface area contributed by atoms with Crippen LogP contribution in [0.1, 0.15) is 37.7 Å². The van der Waals surface area contributed by atoms with E-state index in [0.29, 0.717) is 10.9 Å². The van der Waals surface area contributed by atoms with E-state index in [9.17, 15) is 14.4 Å². The van der Waals surface area contributed by atoms with Crippen LogP contribution in [0.15, 0.2) is 32.8 Å². The number of anilines is 1. The largest absolute Gasteiger partial charge is 0.332 e. The minimum atomic E-state index is -0.476. The summed E-state index contributed by atoms with van der Waals surface area (Å²) in [4.78, 5) is 47.0. The highest BCUT2D eigenvalue weighted by molar-refractivity contribution is 8.00. The Labute approximate surface area is 184 Å². The summed E-state index contributed by atoms with van der Waals surface area (Å²) in [7, 11) is 2.99. The highest BCUT2D eigenvalue weighted by Gasteiger charge is 2.24. The Kier molecular flexibility index (Phi) is 6.09. The molecule has 1 aromatic carbocycles. The Morgan fingerprint density at radius 3 is 2.42 bits per heavy atom. The summed E-state index contributed by atoms with van der Waals surface area (Å²) in [6.45, 7) is 9.75. The van der Waals surface area contributed by atoms with E-state index >= 15 is 0 Å². The number of hydrogen-bond donors (Lipinski definition) is 1. The minimum absolute atomic E-state index is 0.0646. The van der Waals surface area contributed by atoms with Gasteiger partial charge in [-0.2, -0.15) is 0 Å². The fourth-order valence-electron chi connectivity index (χ4n) is 3.06. The van der Waals surface area contributed by atoms with Crippen LogP contribution in [0.5, 0.6) is 0 Å².